The Labute approximate surface area is 122 Å². The van der Waals surface area contributed by atoms with Gasteiger partial charge in [0.1, 0.15) is 0 Å². The van der Waals surface area contributed by atoms with E-state index in [0.717, 1.165) is 13.0 Å². The lowest BCUT2D eigenvalue weighted by Gasteiger charge is -2.11. The van der Waals surface area contributed by atoms with Crippen LogP contribution in [-0.4, -0.2) is 37.2 Å². The fourth-order valence-corrected chi connectivity index (χ4v) is 1.64. The van der Waals surface area contributed by atoms with Crippen LogP contribution in [0.1, 0.15) is 20.3 Å². The summed E-state index contributed by atoms with van der Waals surface area (Å²) in [5.41, 5.74) is 2.40. The Morgan fingerprint density at radius 3 is 2.76 bits per heavy atom. The van der Waals surface area contributed by atoms with E-state index >= 15 is 0 Å². The van der Waals surface area contributed by atoms with Crippen LogP contribution in [0.2, 0.25) is 0 Å². The number of imidazole rings is 1. The van der Waals surface area contributed by atoms with E-state index in [1.807, 2.05) is 24.6 Å². The second-order valence-corrected chi connectivity index (χ2v) is 4.66. The molecule has 0 saturated heterocycles. The molecule has 0 spiro atoms. The van der Waals surface area contributed by atoms with Crippen LogP contribution in [0.15, 0.2) is 18.7 Å². The number of nitrogens with zero attached hydrogens (tertiary/aromatic N) is 5. The highest BCUT2D eigenvalue weighted by Crippen LogP contribution is 2.11. The van der Waals surface area contributed by atoms with Gasteiger partial charge in [-0.05, 0) is 20.3 Å². The molecule has 0 aliphatic heterocycles. The molecule has 0 saturated carbocycles. The number of anilines is 2. The second-order valence-electron chi connectivity index (χ2n) is 4.66. The highest BCUT2D eigenvalue weighted by Gasteiger charge is 2.08. The van der Waals surface area contributed by atoms with Crippen LogP contribution in [0.3, 0.4) is 0 Å². The summed E-state index contributed by atoms with van der Waals surface area (Å²) < 4.78 is 7.46. The molecule has 2 rings (SSSR count). The molecule has 9 heteroatoms. The summed E-state index contributed by atoms with van der Waals surface area (Å²) in [5.74, 6) is 6.03. The van der Waals surface area contributed by atoms with Gasteiger partial charge < -0.3 is 14.6 Å². The van der Waals surface area contributed by atoms with E-state index in [-0.39, 0.29) is 18.1 Å². The largest absolute Gasteiger partial charge is 0.461 e. The van der Waals surface area contributed by atoms with Gasteiger partial charge >= 0.3 is 6.01 Å². The Hall–Kier alpha value is -2.42. The van der Waals surface area contributed by atoms with Gasteiger partial charge in [-0.3, -0.25) is 5.43 Å². The molecule has 0 amide bonds. The van der Waals surface area contributed by atoms with Crippen molar-refractivity contribution in [3.05, 3.63) is 18.7 Å². The van der Waals surface area contributed by atoms with Crippen LogP contribution >= 0.6 is 0 Å². The summed E-state index contributed by atoms with van der Waals surface area (Å²) in [7, 11) is 0. The van der Waals surface area contributed by atoms with E-state index in [1.165, 1.54) is 0 Å². The van der Waals surface area contributed by atoms with Crippen LogP contribution in [0.25, 0.3) is 0 Å². The molecule has 21 heavy (non-hydrogen) atoms. The number of nitrogens with two attached hydrogens (primary N) is 1. The highest BCUT2D eigenvalue weighted by molar-refractivity contribution is 5.34. The molecule has 0 aliphatic rings. The predicted molar refractivity (Wildman–Crippen MR) is 78.7 cm³/mol. The van der Waals surface area contributed by atoms with Crippen LogP contribution in [0, 0.1) is 0 Å². The Morgan fingerprint density at radius 2 is 2.10 bits per heavy atom. The monoisotopic (exact) mass is 292 g/mol. The molecule has 2 aromatic heterocycles. The second kappa shape index (κ2) is 7.39. The Bertz CT molecular complexity index is 542. The topological polar surface area (TPSA) is 116 Å². The third-order valence-corrected chi connectivity index (χ3v) is 2.52. The molecule has 4 N–H and O–H groups in total. The predicted octanol–water partition coefficient (Wildman–Crippen LogP) is 0.643. The highest BCUT2D eigenvalue weighted by atomic mass is 16.5. The van der Waals surface area contributed by atoms with Crippen LogP contribution in [-0.2, 0) is 6.54 Å². The first kappa shape index (κ1) is 15.0. The van der Waals surface area contributed by atoms with E-state index in [4.69, 9.17) is 10.6 Å². The quantitative estimate of drug-likeness (QED) is 0.369. The summed E-state index contributed by atoms with van der Waals surface area (Å²) >= 11 is 0. The molecular formula is C12H20N8O. The zero-order chi connectivity index (χ0) is 15.1. The molecular weight excluding hydrogens is 272 g/mol. The summed E-state index contributed by atoms with van der Waals surface area (Å²) in [6.45, 7) is 5.39. The average Bonchev–Trinajstić information content (AvgIpc) is 2.96. The van der Waals surface area contributed by atoms with Gasteiger partial charge in [0.25, 0.3) is 0 Å². The van der Waals surface area contributed by atoms with E-state index in [9.17, 15) is 0 Å². The number of aromatic nitrogens is 5. The first-order valence-electron chi connectivity index (χ1n) is 6.76. The fourth-order valence-electron chi connectivity index (χ4n) is 1.64. The van der Waals surface area contributed by atoms with Crippen molar-refractivity contribution in [3.8, 4) is 6.01 Å². The molecule has 2 heterocycles. The lowest BCUT2D eigenvalue weighted by Crippen LogP contribution is -2.17. The third kappa shape index (κ3) is 4.88. The van der Waals surface area contributed by atoms with Gasteiger partial charge in [-0.15, -0.1) is 0 Å². The van der Waals surface area contributed by atoms with Gasteiger partial charge in [0, 0.05) is 25.5 Å². The van der Waals surface area contributed by atoms with Gasteiger partial charge in [-0.1, -0.05) is 0 Å². The van der Waals surface area contributed by atoms with Crippen molar-refractivity contribution in [1.29, 1.82) is 0 Å². The molecule has 0 bridgehead atoms. The maximum Gasteiger partial charge on any atom is 0.323 e. The van der Waals surface area contributed by atoms with E-state index in [0.29, 0.717) is 12.5 Å². The first-order chi connectivity index (χ1) is 10.2. The van der Waals surface area contributed by atoms with E-state index in [1.54, 1.807) is 12.5 Å². The average molecular weight is 292 g/mol. The standard InChI is InChI=1S/C12H20N8O/c1-9(2)21-12-17-10(16-11(18-12)19-13)15-4-3-6-20-7-5-14-8-20/h5,7-9H,3-4,6,13H2,1-2H3,(H2,15,16,17,18,19). The third-order valence-electron chi connectivity index (χ3n) is 2.52. The van der Waals surface area contributed by atoms with Crippen molar-refractivity contribution < 1.29 is 4.74 Å². The van der Waals surface area contributed by atoms with Crippen molar-refractivity contribution in [2.24, 2.45) is 5.84 Å². The number of aryl methyl sites for hydroxylation is 1. The summed E-state index contributed by atoms with van der Waals surface area (Å²) in [4.78, 5) is 16.3. The molecule has 2 aromatic rings. The lowest BCUT2D eigenvalue weighted by molar-refractivity contribution is 0.222. The maximum absolute atomic E-state index is 5.45. The van der Waals surface area contributed by atoms with Crippen molar-refractivity contribution in [1.82, 2.24) is 24.5 Å². The molecule has 0 unspecified atom stereocenters. The summed E-state index contributed by atoms with van der Waals surface area (Å²) in [6, 6.07) is 0.241. The van der Waals surface area contributed by atoms with Gasteiger partial charge in [-0.25, -0.2) is 10.8 Å². The van der Waals surface area contributed by atoms with Gasteiger partial charge in [0.15, 0.2) is 0 Å². The lowest BCUT2D eigenvalue weighted by atomic mass is 10.4. The van der Waals surface area contributed by atoms with Crippen LogP contribution in [0.4, 0.5) is 11.9 Å². The van der Waals surface area contributed by atoms with Crippen molar-refractivity contribution in [2.75, 3.05) is 17.3 Å². The minimum Gasteiger partial charge on any atom is -0.461 e. The number of hydrogen-bond acceptors (Lipinski definition) is 8. The molecule has 114 valence electrons. The minimum atomic E-state index is -0.0212. The smallest absolute Gasteiger partial charge is 0.323 e. The molecule has 0 fully saturated rings. The first-order valence-corrected chi connectivity index (χ1v) is 6.76. The molecule has 9 nitrogen and oxygen atoms in total. The van der Waals surface area contributed by atoms with Gasteiger partial charge in [0.05, 0.1) is 12.4 Å². The van der Waals surface area contributed by atoms with Crippen molar-refractivity contribution in [3.63, 3.8) is 0 Å². The van der Waals surface area contributed by atoms with Crippen molar-refractivity contribution in [2.45, 2.75) is 32.9 Å². The fraction of sp³-hybridized carbons (Fsp3) is 0.500. The number of hydrogen-bond donors (Lipinski definition) is 3. The molecule has 0 atom stereocenters. The number of ether oxygens (including phenoxy) is 1. The Balaban J connectivity index is 1.89. The Kier molecular flexibility index (Phi) is 5.27. The molecule has 0 radical (unpaired) electrons. The van der Waals surface area contributed by atoms with Gasteiger partial charge in [0.2, 0.25) is 11.9 Å². The summed E-state index contributed by atoms with van der Waals surface area (Å²) in [6.07, 6.45) is 6.36. The normalized spacial score (nSPS) is 10.7. The van der Waals surface area contributed by atoms with Crippen LogP contribution < -0.4 is 21.3 Å². The number of nitrogen functional groups attached to an aromatic ring is 1. The number of rotatable bonds is 8. The minimum absolute atomic E-state index is 0.0212. The zero-order valence-corrected chi connectivity index (χ0v) is 12.2. The SMILES string of the molecule is CC(C)Oc1nc(NN)nc(NCCCn2ccnc2)n1. The van der Waals surface area contributed by atoms with Gasteiger partial charge in [-0.2, -0.15) is 15.0 Å². The number of hydrazine groups is 1. The molecule has 0 aromatic carbocycles. The van der Waals surface area contributed by atoms with E-state index in [2.05, 4.69) is 30.7 Å². The molecule has 0 aliphatic carbocycles. The number of nitrogens with one attached hydrogen (secondary N) is 2. The van der Waals surface area contributed by atoms with E-state index < -0.39 is 0 Å². The summed E-state index contributed by atoms with van der Waals surface area (Å²) in [5, 5.41) is 3.12. The Morgan fingerprint density at radius 1 is 1.29 bits per heavy atom. The van der Waals surface area contributed by atoms with Crippen LogP contribution in [0.5, 0.6) is 6.01 Å². The maximum atomic E-state index is 5.45. The zero-order valence-electron chi connectivity index (χ0n) is 12.2. The van der Waals surface area contributed by atoms with Crippen molar-refractivity contribution >= 4 is 11.9 Å².